The van der Waals surface area contributed by atoms with Crippen LogP contribution in [0.2, 0.25) is 0 Å². The topological polar surface area (TPSA) is 29.3 Å². The molecule has 0 heterocycles. The molecule has 0 aromatic rings. The van der Waals surface area contributed by atoms with E-state index in [0.29, 0.717) is 11.5 Å². The van der Waals surface area contributed by atoms with E-state index in [9.17, 15) is 0 Å². The molecule has 0 aromatic heterocycles. The van der Waals surface area contributed by atoms with Crippen molar-refractivity contribution in [2.24, 2.45) is 11.1 Å². The van der Waals surface area contributed by atoms with Gasteiger partial charge in [0.2, 0.25) is 0 Å². The first-order valence-electron chi connectivity index (χ1n) is 6.38. The lowest BCUT2D eigenvalue weighted by molar-refractivity contribution is 0.0310. The van der Waals surface area contributed by atoms with Gasteiger partial charge in [-0.15, -0.1) is 0 Å². The minimum absolute atomic E-state index is 0.184. The summed E-state index contributed by atoms with van der Waals surface area (Å²) in [6, 6.07) is 0.677. The fourth-order valence-corrected chi connectivity index (χ4v) is 2.78. The summed E-state index contributed by atoms with van der Waals surface area (Å²) in [4.78, 5) is 2.54. The van der Waals surface area contributed by atoms with Gasteiger partial charge in [-0.2, -0.15) is 0 Å². The molecule has 1 saturated carbocycles. The first-order valence-corrected chi connectivity index (χ1v) is 6.38. The highest BCUT2D eigenvalue weighted by Crippen LogP contribution is 2.55. The van der Waals surface area contributed by atoms with Crippen molar-refractivity contribution < 1.29 is 0 Å². The highest BCUT2D eigenvalue weighted by molar-refractivity contribution is 5.09. The molecule has 90 valence electrons. The predicted octanol–water partition coefficient (Wildman–Crippen LogP) is 2.62. The highest BCUT2D eigenvalue weighted by Gasteiger charge is 2.54. The van der Waals surface area contributed by atoms with E-state index in [4.69, 9.17) is 5.73 Å². The molecule has 0 aromatic carbocycles. The molecule has 1 rings (SSSR count). The molecule has 2 N–H and O–H groups in total. The Morgan fingerprint density at radius 3 is 2.07 bits per heavy atom. The number of nitrogens with zero attached hydrogens (tertiary/aromatic N) is 1. The summed E-state index contributed by atoms with van der Waals surface area (Å²) >= 11 is 0. The second-order valence-electron chi connectivity index (χ2n) is 5.62. The quantitative estimate of drug-likeness (QED) is 0.733. The summed E-state index contributed by atoms with van der Waals surface area (Å²) in [5, 5.41) is 0. The number of likely N-dealkylation sites (N-methyl/N-ethyl adjacent to an activating group) is 1. The molecule has 1 unspecified atom stereocenters. The van der Waals surface area contributed by atoms with E-state index < -0.39 is 0 Å². The Balaban J connectivity index is 2.81. The van der Waals surface area contributed by atoms with Gasteiger partial charge in [0.25, 0.3) is 0 Å². The van der Waals surface area contributed by atoms with Gasteiger partial charge in [-0.3, -0.25) is 4.90 Å². The maximum absolute atomic E-state index is 6.04. The maximum atomic E-state index is 6.04. The number of nitrogens with two attached hydrogens (primary N) is 1. The minimum Gasteiger partial charge on any atom is -0.329 e. The van der Waals surface area contributed by atoms with E-state index in [0.717, 1.165) is 6.54 Å². The Bertz CT molecular complexity index is 207. The third-order valence-electron chi connectivity index (χ3n) is 4.97. The lowest BCUT2D eigenvalue weighted by Gasteiger charge is -2.47. The van der Waals surface area contributed by atoms with Crippen LogP contribution in [-0.4, -0.2) is 30.1 Å². The lowest BCUT2D eigenvalue weighted by Crippen LogP contribution is -2.58. The van der Waals surface area contributed by atoms with Crippen LogP contribution in [-0.2, 0) is 0 Å². The molecule has 1 aliphatic rings. The predicted molar refractivity (Wildman–Crippen MR) is 66.9 cm³/mol. The lowest BCUT2D eigenvalue weighted by atomic mass is 9.81. The third kappa shape index (κ3) is 2.07. The van der Waals surface area contributed by atoms with Gasteiger partial charge < -0.3 is 5.73 Å². The normalized spacial score (nSPS) is 23.2. The fourth-order valence-electron chi connectivity index (χ4n) is 2.78. The van der Waals surface area contributed by atoms with Crippen molar-refractivity contribution in [1.29, 1.82) is 0 Å². The van der Waals surface area contributed by atoms with E-state index in [-0.39, 0.29) is 5.54 Å². The van der Waals surface area contributed by atoms with E-state index in [1.165, 1.54) is 25.7 Å². The first-order chi connectivity index (χ1) is 6.95. The summed E-state index contributed by atoms with van der Waals surface area (Å²) < 4.78 is 0. The van der Waals surface area contributed by atoms with Gasteiger partial charge >= 0.3 is 0 Å². The molecule has 0 radical (unpaired) electrons. The fraction of sp³-hybridized carbons (Fsp3) is 1.00. The second-order valence-corrected chi connectivity index (χ2v) is 5.62. The Morgan fingerprint density at radius 2 is 1.80 bits per heavy atom. The summed E-state index contributed by atoms with van der Waals surface area (Å²) in [7, 11) is 2.26. The summed E-state index contributed by atoms with van der Waals surface area (Å²) in [5.74, 6) is 0. The molecule has 0 bridgehead atoms. The van der Waals surface area contributed by atoms with Crippen molar-refractivity contribution >= 4 is 0 Å². The molecule has 2 heteroatoms. The Morgan fingerprint density at radius 1 is 1.33 bits per heavy atom. The zero-order chi connectivity index (χ0) is 11.7. The van der Waals surface area contributed by atoms with Gasteiger partial charge in [0, 0.05) is 18.1 Å². The molecule has 0 spiro atoms. The average Bonchev–Trinajstić information content (AvgIpc) is 2.98. The first kappa shape index (κ1) is 13.0. The van der Waals surface area contributed by atoms with Crippen LogP contribution in [0.1, 0.15) is 53.4 Å². The molecule has 15 heavy (non-hydrogen) atoms. The average molecular weight is 212 g/mol. The molecule has 2 nitrogen and oxygen atoms in total. The SMILES string of the molecule is CCC(CC)N(C)C(C)(CN)C1(C)CC1. The van der Waals surface area contributed by atoms with Crippen molar-refractivity contribution in [3.8, 4) is 0 Å². The maximum Gasteiger partial charge on any atom is 0.0356 e. The van der Waals surface area contributed by atoms with Crippen LogP contribution in [0.15, 0.2) is 0 Å². The van der Waals surface area contributed by atoms with Gasteiger partial charge in [0.15, 0.2) is 0 Å². The smallest absolute Gasteiger partial charge is 0.0356 e. The number of hydrogen-bond donors (Lipinski definition) is 1. The Labute approximate surface area is 95.2 Å². The van der Waals surface area contributed by atoms with E-state index in [1.54, 1.807) is 0 Å². The van der Waals surface area contributed by atoms with E-state index in [2.05, 4.69) is 39.6 Å². The third-order valence-corrected chi connectivity index (χ3v) is 4.97. The van der Waals surface area contributed by atoms with Crippen molar-refractivity contribution in [2.45, 2.75) is 65.0 Å². The van der Waals surface area contributed by atoms with Crippen molar-refractivity contribution in [1.82, 2.24) is 4.90 Å². The van der Waals surface area contributed by atoms with Crippen LogP contribution in [0.5, 0.6) is 0 Å². The van der Waals surface area contributed by atoms with E-state index in [1.807, 2.05) is 0 Å². The summed E-state index contributed by atoms with van der Waals surface area (Å²) in [6.07, 6.45) is 5.12. The molecular formula is C13H28N2. The second kappa shape index (κ2) is 4.42. The zero-order valence-electron chi connectivity index (χ0n) is 11.1. The van der Waals surface area contributed by atoms with Crippen molar-refractivity contribution in [3.63, 3.8) is 0 Å². The summed E-state index contributed by atoms with van der Waals surface area (Å²) in [6.45, 7) is 10.1. The zero-order valence-corrected chi connectivity index (χ0v) is 11.1. The van der Waals surface area contributed by atoms with Crippen LogP contribution in [0.3, 0.4) is 0 Å². The summed E-state index contributed by atoms with van der Waals surface area (Å²) in [5.41, 5.74) is 6.68. The number of rotatable bonds is 6. The van der Waals surface area contributed by atoms with Crippen molar-refractivity contribution in [2.75, 3.05) is 13.6 Å². The van der Waals surface area contributed by atoms with Gasteiger partial charge in [0.1, 0.15) is 0 Å². The standard InChI is InChI=1S/C13H28N2/c1-6-11(7-2)15(5)13(4,10-14)12(3)8-9-12/h11H,6-10,14H2,1-5H3. The Kier molecular flexibility index (Phi) is 3.83. The molecule has 1 atom stereocenters. The van der Waals surface area contributed by atoms with E-state index >= 15 is 0 Å². The highest BCUT2D eigenvalue weighted by atomic mass is 15.2. The van der Waals surface area contributed by atoms with Crippen LogP contribution < -0.4 is 5.73 Å². The van der Waals surface area contributed by atoms with Crippen LogP contribution in [0.25, 0.3) is 0 Å². The van der Waals surface area contributed by atoms with Gasteiger partial charge in [-0.1, -0.05) is 20.8 Å². The molecule has 1 aliphatic carbocycles. The Hall–Kier alpha value is -0.0800. The monoisotopic (exact) mass is 212 g/mol. The molecule has 1 fully saturated rings. The van der Waals surface area contributed by atoms with Crippen LogP contribution in [0, 0.1) is 5.41 Å². The van der Waals surface area contributed by atoms with Crippen LogP contribution in [0.4, 0.5) is 0 Å². The molecule has 0 saturated heterocycles. The molecule has 0 amide bonds. The van der Waals surface area contributed by atoms with Crippen molar-refractivity contribution in [3.05, 3.63) is 0 Å². The molecular weight excluding hydrogens is 184 g/mol. The number of hydrogen-bond acceptors (Lipinski definition) is 2. The largest absolute Gasteiger partial charge is 0.329 e. The minimum atomic E-state index is 0.184. The van der Waals surface area contributed by atoms with Gasteiger partial charge in [0.05, 0.1) is 0 Å². The van der Waals surface area contributed by atoms with Gasteiger partial charge in [-0.25, -0.2) is 0 Å². The molecule has 0 aliphatic heterocycles. The van der Waals surface area contributed by atoms with Gasteiger partial charge in [-0.05, 0) is 45.1 Å². The van der Waals surface area contributed by atoms with Crippen LogP contribution >= 0.6 is 0 Å².